The number of piperidine rings is 1. The maximum absolute atomic E-state index is 5.54. The zero-order valence-electron chi connectivity index (χ0n) is 15.7. The number of morpholine rings is 1. The Balaban J connectivity index is 1.33. The van der Waals surface area contributed by atoms with Gasteiger partial charge < -0.3 is 15.0 Å². The molecule has 7 heteroatoms. The highest BCUT2D eigenvalue weighted by molar-refractivity contribution is 5.29. The van der Waals surface area contributed by atoms with Gasteiger partial charge >= 0.3 is 0 Å². The number of pyridine rings is 1. The highest BCUT2D eigenvalue weighted by Gasteiger charge is 2.25. The van der Waals surface area contributed by atoms with E-state index in [1.165, 1.54) is 5.56 Å². The van der Waals surface area contributed by atoms with Gasteiger partial charge in [0, 0.05) is 69.6 Å². The lowest BCUT2D eigenvalue weighted by molar-refractivity contribution is 0.0154. The molecule has 0 aliphatic carbocycles. The first-order valence-electron chi connectivity index (χ1n) is 9.87. The van der Waals surface area contributed by atoms with Crippen molar-refractivity contribution in [1.82, 2.24) is 25.2 Å². The smallest absolute Gasteiger partial charge is 0.225 e. The van der Waals surface area contributed by atoms with Gasteiger partial charge in [0.05, 0.1) is 13.2 Å². The largest absolute Gasteiger partial charge is 0.379 e. The van der Waals surface area contributed by atoms with Crippen LogP contribution in [0.3, 0.4) is 0 Å². The van der Waals surface area contributed by atoms with Crippen molar-refractivity contribution in [2.75, 3.05) is 50.8 Å². The number of aromatic nitrogens is 3. The van der Waals surface area contributed by atoms with Crippen LogP contribution in [0.5, 0.6) is 0 Å². The molecule has 0 saturated carbocycles. The number of anilines is 1. The molecular formula is C20H28N6O. The monoisotopic (exact) mass is 368 g/mol. The van der Waals surface area contributed by atoms with Crippen LogP contribution in [0, 0.1) is 0 Å². The maximum atomic E-state index is 5.54. The Morgan fingerprint density at radius 2 is 1.81 bits per heavy atom. The molecule has 2 saturated heterocycles. The second-order valence-electron chi connectivity index (χ2n) is 7.17. The van der Waals surface area contributed by atoms with E-state index in [1.807, 2.05) is 36.9 Å². The van der Waals surface area contributed by atoms with Gasteiger partial charge in [0.1, 0.15) is 0 Å². The molecule has 7 nitrogen and oxygen atoms in total. The molecule has 0 aromatic carbocycles. The molecule has 27 heavy (non-hydrogen) atoms. The lowest BCUT2D eigenvalue weighted by Crippen LogP contribution is -2.47. The van der Waals surface area contributed by atoms with Crippen LogP contribution < -0.4 is 10.2 Å². The number of hydrogen-bond donors (Lipinski definition) is 1. The summed E-state index contributed by atoms with van der Waals surface area (Å²) in [4.78, 5) is 17.9. The lowest BCUT2D eigenvalue weighted by atomic mass is 10.0. The van der Waals surface area contributed by atoms with Crippen LogP contribution in [-0.4, -0.2) is 71.8 Å². The number of nitrogens with one attached hydrogen (secondary N) is 1. The van der Waals surface area contributed by atoms with E-state index in [-0.39, 0.29) is 0 Å². The van der Waals surface area contributed by atoms with Crippen LogP contribution in [0.1, 0.15) is 24.4 Å². The summed E-state index contributed by atoms with van der Waals surface area (Å²) in [6.07, 6.45) is 9.69. The molecule has 4 rings (SSSR count). The minimum atomic E-state index is 0.345. The van der Waals surface area contributed by atoms with E-state index in [1.54, 1.807) is 0 Å². The third-order valence-electron chi connectivity index (χ3n) is 5.49. The van der Waals surface area contributed by atoms with Gasteiger partial charge in [-0.05, 0) is 30.5 Å². The van der Waals surface area contributed by atoms with Gasteiger partial charge in [-0.25, -0.2) is 9.97 Å². The van der Waals surface area contributed by atoms with E-state index in [9.17, 15) is 0 Å². The summed E-state index contributed by atoms with van der Waals surface area (Å²) in [7, 11) is 0. The molecule has 0 bridgehead atoms. The Kier molecular flexibility index (Phi) is 6.24. The summed E-state index contributed by atoms with van der Waals surface area (Å²) in [6.45, 7) is 6.51. The molecule has 4 heterocycles. The Morgan fingerprint density at radius 1 is 1.04 bits per heavy atom. The van der Waals surface area contributed by atoms with Crippen LogP contribution in [0.25, 0.3) is 0 Å². The van der Waals surface area contributed by atoms with Gasteiger partial charge in [-0.1, -0.05) is 6.07 Å². The van der Waals surface area contributed by atoms with Gasteiger partial charge in [0.2, 0.25) is 5.95 Å². The van der Waals surface area contributed by atoms with Gasteiger partial charge in [0.25, 0.3) is 0 Å². The van der Waals surface area contributed by atoms with Crippen molar-refractivity contribution in [1.29, 1.82) is 0 Å². The SMILES string of the molecule is c1cnc(N2CCC(NC[C@@H](c3cccnc3)N3CCOCC3)CC2)nc1. The van der Waals surface area contributed by atoms with Crippen molar-refractivity contribution < 1.29 is 4.74 Å². The third kappa shape index (κ3) is 4.80. The van der Waals surface area contributed by atoms with Crippen molar-refractivity contribution >= 4 is 5.95 Å². The molecule has 1 atom stereocenters. The number of hydrogen-bond acceptors (Lipinski definition) is 7. The highest BCUT2D eigenvalue weighted by Crippen LogP contribution is 2.22. The Morgan fingerprint density at radius 3 is 2.52 bits per heavy atom. The second-order valence-corrected chi connectivity index (χ2v) is 7.17. The topological polar surface area (TPSA) is 66.4 Å². The molecule has 2 fully saturated rings. The van der Waals surface area contributed by atoms with Crippen LogP contribution in [0.2, 0.25) is 0 Å². The molecule has 1 N–H and O–H groups in total. The maximum Gasteiger partial charge on any atom is 0.225 e. The Labute approximate surface area is 160 Å². The molecule has 2 aliphatic rings. The fraction of sp³-hybridized carbons (Fsp3) is 0.550. The van der Waals surface area contributed by atoms with E-state index in [0.717, 1.165) is 64.7 Å². The van der Waals surface area contributed by atoms with Crippen LogP contribution in [0.15, 0.2) is 43.0 Å². The van der Waals surface area contributed by atoms with E-state index in [0.29, 0.717) is 12.1 Å². The van der Waals surface area contributed by atoms with Gasteiger partial charge in [-0.2, -0.15) is 0 Å². The molecule has 0 amide bonds. The van der Waals surface area contributed by atoms with Gasteiger partial charge in [-0.3, -0.25) is 9.88 Å². The fourth-order valence-corrected chi connectivity index (χ4v) is 3.94. The quantitative estimate of drug-likeness (QED) is 0.829. The van der Waals surface area contributed by atoms with Crippen molar-refractivity contribution in [2.24, 2.45) is 0 Å². The first-order chi connectivity index (χ1) is 13.4. The third-order valence-corrected chi connectivity index (χ3v) is 5.49. The number of nitrogens with zero attached hydrogens (tertiary/aromatic N) is 5. The normalized spacial score (nSPS) is 20.5. The molecule has 2 aliphatic heterocycles. The zero-order chi connectivity index (χ0) is 18.3. The minimum absolute atomic E-state index is 0.345. The summed E-state index contributed by atoms with van der Waals surface area (Å²) in [5.74, 6) is 0.845. The van der Waals surface area contributed by atoms with Gasteiger partial charge in [-0.15, -0.1) is 0 Å². The Hall–Kier alpha value is -2.09. The van der Waals surface area contributed by atoms with Crippen LogP contribution >= 0.6 is 0 Å². The zero-order valence-corrected chi connectivity index (χ0v) is 15.7. The fourth-order valence-electron chi connectivity index (χ4n) is 3.94. The molecule has 2 aromatic heterocycles. The predicted molar refractivity (Wildman–Crippen MR) is 105 cm³/mol. The minimum Gasteiger partial charge on any atom is -0.379 e. The van der Waals surface area contributed by atoms with E-state index in [4.69, 9.17) is 4.74 Å². The molecular weight excluding hydrogens is 340 g/mol. The van der Waals surface area contributed by atoms with Crippen LogP contribution in [-0.2, 0) is 4.74 Å². The average molecular weight is 368 g/mol. The summed E-state index contributed by atoms with van der Waals surface area (Å²) in [5.41, 5.74) is 1.28. The lowest BCUT2D eigenvalue weighted by Gasteiger charge is -2.37. The standard InChI is InChI=1S/C20H28N6O/c1-3-17(15-21-6-1)19(25-11-13-27-14-12-25)16-24-18-4-9-26(10-5-18)20-22-7-2-8-23-20/h1-3,6-8,15,18-19,24H,4-5,9-14,16H2/t19-/m0/s1. The first kappa shape index (κ1) is 18.3. The predicted octanol–water partition coefficient (Wildman–Crippen LogP) is 1.50. The molecule has 144 valence electrons. The van der Waals surface area contributed by atoms with E-state index >= 15 is 0 Å². The second kappa shape index (κ2) is 9.21. The molecule has 0 radical (unpaired) electrons. The summed E-state index contributed by atoms with van der Waals surface area (Å²) in [5, 5.41) is 3.81. The van der Waals surface area contributed by atoms with Crippen molar-refractivity contribution in [3.8, 4) is 0 Å². The number of ether oxygens (including phenoxy) is 1. The molecule has 0 unspecified atom stereocenters. The van der Waals surface area contributed by atoms with Crippen molar-refractivity contribution in [3.05, 3.63) is 48.5 Å². The van der Waals surface area contributed by atoms with E-state index in [2.05, 4.69) is 36.1 Å². The summed E-state index contributed by atoms with van der Waals surface area (Å²) in [6, 6.07) is 6.95. The summed E-state index contributed by atoms with van der Waals surface area (Å²) >= 11 is 0. The van der Waals surface area contributed by atoms with Crippen LogP contribution in [0.4, 0.5) is 5.95 Å². The first-order valence-corrected chi connectivity index (χ1v) is 9.87. The van der Waals surface area contributed by atoms with E-state index < -0.39 is 0 Å². The molecule has 2 aromatic rings. The highest BCUT2D eigenvalue weighted by atomic mass is 16.5. The molecule has 0 spiro atoms. The van der Waals surface area contributed by atoms with Crippen molar-refractivity contribution in [3.63, 3.8) is 0 Å². The average Bonchev–Trinajstić information content (AvgIpc) is 2.76. The Bertz CT molecular complexity index is 671. The van der Waals surface area contributed by atoms with Crippen molar-refractivity contribution in [2.45, 2.75) is 24.9 Å². The summed E-state index contributed by atoms with van der Waals surface area (Å²) < 4.78 is 5.54. The van der Waals surface area contributed by atoms with Gasteiger partial charge in [0.15, 0.2) is 0 Å². The number of rotatable bonds is 6.